The second kappa shape index (κ2) is 5.16. The second-order valence-electron chi connectivity index (χ2n) is 6.29. The number of methoxy groups -OCH3 is 1. The zero-order valence-electron chi connectivity index (χ0n) is 12.2. The standard InChI is InChI=1S/C17H25NO/c1-3-8-17(9-10-17)12-18-16-7-5-13-4-6-14(19-2)11-15(13)16/h4,6,11,16,18H,3,5,7-10,12H2,1-2H3. The molecule has 0 aliphatic heterocycles. The van der Waals surface area contributed by atoms with Crippen LogP contribution in [0.1, 0.15) is 56.2 Å². The molecule has 2 nitrogen and oxygen atoms in total. The lowest BCUT2D eigenvalue weighted by atomic mass is 9.99. The highest BCUT2D eigenvalue weighted by Crippen LogP contribution is 2.49. The number of fused-ring (bicyclic) bond motifs is 1. The first kappa shape index (κ1) is 13.0. The van der Waals surface area contributed by atoms with E-state index in [2.05, 4.69) is 30.4 Å². The first-order valence-electron chi connectivity index (χ1n) is 7.66. The van der Waals surface area contributed by atoms with Gasteiger partial charge in [0.05, 0.1) is 7.11 Å². The van der Waals surface area contributed by atoms with E-state index in [0.717, 1.165) is 5.75 Å². The summed E-state index contributed by atoms with van der Waals surface area (Å²) in [7, 11) is 1.75. The van der Waals surface area contributed by atoms with E-state index in [1.165, 1.54) is 56.2 Å². The van der Waals surface area contributed by atoms with Gasteiger partial charge in [-0.1, -0.05) is 19.4 Å². The smallest absolute Gasteiger partial charge is 0.119 e. The zero-order chi connectivity index (χ0) is 13.3. The summed E-state index contributed by atoms with van der Waals surface area (Å²) >= 11 is 0. The molecule has 1 aromatic carbocycles. The van der Waals surface area contributed by atoms with Gasteiger partial charge in [0, 0.05) is 12.6 Å². The van der Waals surface area contributed by atoms with Gasteiger partial charge in [0.15, 0.2) is 0 Å². The molecule has 1 atom stereocenters. The maximum absolute atomic E-state index is 5.36. The normalized spacial score (nSPS) is 23.2. The van der Waals surface area contributed by atoms with Crippen molar-refractivity contribution in [3.8, 4) is 5.75 Å². The fourth-order valence-electron chi connectivity index (χ4n) is 3.48. The lowest BCUT2D eigenvalue weighted by molar-refractivity contribution is 0.385. The molecule has 19 heavy (non-hydrogen) atoms. The monoisotopic (exact) mass is 259 g/mol. The lowest BCUT2D eigenvalue weighted by Crippen LogP contribution is -2.27. The highest BCUT2D eigenvalue weighted by atomic mass is 16.5. The van der Waals surface area contributed by atoms with Gasteiger partial charge < -0.3 is 10.1 Å². The Morgan fingerprint density at radius 1 is 1.37 bits per heavy atom. The Bertz CT molecular complexity index is 451. The number of hydrogen-bond donors (Lipinski definition) is 1. The van der Waals surface area contributed by atoms with Gasteiger partial charge in [-0.15, -0.1) is 0 Å². The van der Waals surface area contributed by atoms with E-state index in [4.69, 9.17) is 4.74 Å². The predicted octanol–water partition coefficient (Wildman–Crippen LogP) is 3.85. The third kappa shape index (κ3) is 2.64. The van der Waals surface area contributed by atoms with Crippen LogP contribution in [-0.2, 0) is 6.42 Å². The topological polar surface area (TPSA) is 21.3 Å². The molecule has 1 aromatic rings. The van der Waals surface area contributed by atoms with Crippen LogP contribution < -0.4 is 10.1 Å². The Kier molecular flexibility index (Phi) is 3.53. The van der Waals surface area contributed by atoms with Gasteiger partial charge in [0.1, 0.15) is 5.75 Å². The van der Waals surface area contributed by atoms with E-state index in [0.29, 0.717) is 11.5 Å². The van der Waals surface area contributed by atoms with Crippen molar-refractivity contribution < 1.29 is 4.74 Å². The van der Waals surface area contributed by atoms with Crippen molar-refractivity contribution in [3.63, 3.8) is 0 Å². The third-order valence-electron chi connectivity index (χ3n) is 4.89. The molecule has 0 saturated heterocycles. The van der Waals surface area contributed by atoms with Gasteiger partial charge in [-0.05, 0) is 60.8 Å². The van der Waals surface area contributed by atoms with Gasteiger partial charge >= 0.3 is 0 Å². The molecule has 1 fully saturated rings. The van der Waals surface area contributed by atoms with E-state index < -0.39 is 0 Å². The molecule has 1 saturated carbocycles. The summed E-state index contributed by atoms with van der Waals surface area (Å²) in [5.41, 5.74) is 3.60. The average Bonchev–Trinajstić information content (AvgIpc) is 3.08. The van der Waals surface area contributed by atoms with Crippen molar-refractivity contribution in [1.82, 2.24) is 5.32 Å². The van der Waals surface area contributed by atoms with E-state index in [9.17, 15) is 0 Å². The molecule has 1 N–H and O–H groups in total. The Balaban J connectivity index is 1.65. The van der Waals surface area contributed by atoms with Crippen molar-refractivity contribution >= 4 is 0 Å². The molecule has 0 aromatic heterocycles. The molecule has 3 rings (SSSR count). The Morgan fingerprint density at radius 3 is 2.89 bits per heavy atom. The van der Waals surface area contributed by atoms with Crippen LogP contribution in [0.3, 0.4) is 0 Å². The molecule has 104 valence electrons. The summed E-state index contributed by atoms with van der Waals surface area (Å²) in [4.78, 5) is 0. The van der Waals surface area contributed by atoms with Crippen LogP contribution in [0.25, 0.3) is 0 Å². The van der Waals surface area contributed by atoms with Gasteiger partial charge in [-0.2, -0.15) is 0 Å². The van der Waals surface area contributed by atoms with Gasteiger partial charge in [0.25, 0.3) is 0 Å². The molecule has 0 amide bonds. The predicted molar refractivity (Wildman–Crippen MR) is 78.6 cm³/mol. The first-order valence-corrected chi connectivity index (χ1v) is 7.66. The van der Waals surface area contributed by atoms with Crippen LogP contribution in [0, 0.1) is 5.41 Å². The quantitative estimate of drug-likeness (QED) is 0.837. The molecule has 0 radical (unpaired) electrons. The van der Waals surface area contributed by atoms with Crippen molar-refractivity contribution in [2.24, 2.45) is 5.41 Å². The Labute approximate surface area is 116 Å². The minimum atomic E-state index is 0.541. The lowest BCUT2D eigenvalue weighted by Gasteiger charge is -2.20. The minimum Gasteiger partial charge on any atom is -0.497 e. The molecule has 0 heterocycles. The first-order chi connectivity index (χ1) is 9.26. The molecular formula is C17H25NO. The molecule has 0 spiro atoms. The van der Waals surface area contributed by atoms with Crippen LogP contribution in [0.15, 0.2) is 18.2 Å². The van der Waals surface area contributed by atoms with Crippen molar-refractivity contribution in [3.05, 3.63) is 29.3 Å². The van der Waals surface area contributed by atoms with Crippen LogP contribution in [0.4, 0.5) is 0 Å². The van der Waals surface area contributed by atoms with Crippen molar-refractivity contribution in [2.45, 2.75) is 51.5 Å². The number of hydrogen-bond acceptors (Lipinski definition) is 2. The third-order valence-corrected chi connectivity index (χ3v) is 4.89. The second-order valence-corrected chi connectivity index (χ2v) is 6.29. The van der Waals surface area contributed by atoms with Gasteiger partial charge in [-0.25, -0.2) is 0 Å². The highest BCUT2D eigenvalue weighted by molar-refractivity contribution is 5.40. The maximum Gasteiger partial charge on any atom is 0.119 e. The summed E-state index contributed by atoms with van der Waals surface area (Å²) in [6.07, 6.45) is 7.99. The molecular weight excluding hydrogens is 234 g/mol. The van der Waals surface area contributed by atoms with E-state index in [1.54, 1.807) is 7.11 Å². The number of benzene rings is 1. The van der Waals surface area contributed by atoms with Gasteiger partial charge in [-0.3, -0.25) is 0 Å². The molecule has 2 aliphatic rings. The fourth-order valence-corrected chi connectivity index (χ4v) is 3.48. The van der Waals surface area contributed by atoms with Crippen LogP contribution in [-0.4, -0.2) is 13.7 Å². The summed E-state index contributed by atoms with van der Waals surface area (Å²) < 4.78 is 5.36. The maximum atomic E-state index is 5.36. The largest absolute Gasteiger partial charge is 0.497 e. The fraction of sp³-hybridized carbons (Fsp3) is 0.647. The highest BCUT2D eigenvalue weighted by Gasteiger charge is 2.41. The average molecular weight is 259 g/mol. The molecule has 2 heteroatoms. The SMILES string of the molecule is CCCC1(CNC2CCc3ccc(OC)cc32)CC1. The molecule has 2 aliphatic carbocycles. The number of aryl methyl sites for hydroxylation is 1. The molecule has 0 bridgehead atoms. The van der Waals surface area contributed by atoms with Crippen molar-refractivity contribution in [1.29, 1.82) is 0 Å². The van der Waals surface area contributed by atoms with Crippen molar-refractivity contribution in [2.75, 3.05) is 13.7 Å². The van der Waals surface area contributed by atoms with Gasteiger partial charge in [0.2, 0.25) is 0 Å². The minimum absolute atomic E-state index is 0.541. The van der Waals surface area contributed by atoms with Crippen LogP contribution >= 0.6 is 0 Å². The summed E-state index contributed by atoms with van der Waals surface area (Å²) in [5.74, 6) is 0.988. The van der Waals surface area contributed by atoms with Crippen LogP contribution in [0.5, 0.6) is 5.75 Å². The van der Waals surface area contributed by atoms with E-state index >= 15 is 0 Å². The number of nitrogens with one attached hydrogen (secondary N) is 1. The zero-order valence-corrected chi connectivity index (χ0v) is 12.2. The summed E-state index contributed by atoms with van der Waals surface area (Å²) in [6.45, 7) is 3.50. The van der Waals surface area contributed by atoms with Crippen LogP contribution in [0.2, 0.25) is 0 Å². The number of ether oxygens (including phenoxy) is 1. The Morgan fingerprint density at radius 2 is 2.21 bits per heavy atom. The summed E-state index contributed by atoms with van der Waals surface area (Å²) in [5, 5.41) is 3.82. The molecule has 1 unspecified atom stereocenters. The summed E-state index contributed by atoms with van der Waals surface area (Å²) in [6, 6.07) is 7.08. The van der Waals surface area contributed by atoms with E-state index in [-0.39, 0.29) is 0 Å². The number of rotatable bonds is 6. The Hall–Kier alpha value is -1.02. The van der Waals surface area contributed by atoms with E-state index in [1.807, 2.05) is 0 Å².